The number of aromatic nitrogens is 2. The quantitative estimate of drug-likeness (QED) is 0.942. The van der Waals surface area contributed by atoms with Gasteiger partial charge < -0.3 is 9.88 Å². The highest BCUT2D eigenvalue weighted by Gasteiger charge is 2.25. The van der Waals surface area contributed by atoms with Gasteiger partial charge >= 0.3 is 0 Å². The van der Waals surface area contributed by atoms with E-state index in [-0.39, 0.29) is 11.8 Å². The second kappa shape index (κ2) is 6.34. The number of carbonyl (C=O) groups excluding carboxylic acids is 1. The van der Waals surface area contributed by atoms with E-state index in [0.29, 0.717) is 0 Å². The Hall–Kier alpha value is -2.10. The summed E-state index contributed by atoms with van der Waals surface area (Å²) < 4.78 is 2.14. The predicted octanol–water partition coefficient (Wildman–Crippen LogP) is 3.21. The van der Waals surface area contributed by atoms with Crippen LogP contribution >= 0.6 is 0 Å². The lowest BCUT2D eigenvalue weighted by Crippen LogP contribution is -2.30. The van der Waals surface area contributed by atoms with Crippen molar-refractivity contribution in [3.63, 3.8) is 0 Å². The van der Waals surface area contributed by atoms with Crippen LogP contribution in [-0.4, -0.2) is 15.5 Å². The van der Waals surface area contributed by atoms with Crippen molar-refractivity contribution in [2.24, 2.45) is 5.92 Å². The van der Waals surface area contributed by atoms with Gasteiger partial charge in [0, 0.05) is 36.5 Å². The van der Waals surface area contributed by atoms with E-state index in [9.17, 15) is 4.79 Å². The molecule has 4 heteroatoms. The van der Waals surface area contributed by atoms with E-state index < -0.39 is 0 Å². The Labute approximate surface area is 131 Å². The molecule has 1 N–H and O–H groups in total. The molecule has 1 unspecified atom stereocenters. The average molecular weight is 297 g/mol. The molecule has 4 nitrogen and oxygen atoms in total. The Balaban J connectivity index is 1.78. The monoisotopic (exact) mass is 297 g/mol. The summed E-state index contributed by atoms with van der Waals surface area (Å²) >= 11 is 0. The van der Waals surface area contributed by atoms with Crippen LogP contribution in [0.5, 0.6) is 0 Å². The van der Waals surface area contributed by atoms with Crippen molar-refractivity contribution in [2.75, 3.05) is 5.32 Å². The number of benzene rings is 1. The number of nitrogens with one attached hydrogen (secondary N) is 1. The highest BCUT2D eigenvalue weighted by molar-refractivity contribution is 5.94. The van der Waals surface area contributed by atoms with Crippen LogP contribution in [0.25, 0.3) is 0 Å². The maximum Gasteiger partial charge on any atom is 0.227 e. The fourth-order valence-electron chi connectivity index (χ4n) is 3.22. The van der Waals surface area contributed by atoms with E-state index >= 15 is 0 Å². The molecule has 0 bridgehead atoms. The number of imidazole rings is 1. The molecule has 0 fully saturated rings. The van der Waals surface area contributed by atoms with Gasteiger partial charge in [-0.15, -0.1) is 0 Å². The number of rotatable bonds is 4. The van der Waals surface area contributed by atoms with Crippen molar-refractivity contribution >= 4 is 11.6 Å². The van der Waals surface area contributed by atoms with Crippen LogP contribution in [0, 0.1) is 5.92 Å². The van der Waals surface area contributed by atoms with Crippen molar-refractivity contribution in [1.29, 1.82) is 0 Å². The third-order valence-corrected chi connectivity index (χ3v) is 4.59. The molecule has 116 valence electrons. The Morgan fingerprint density at radius 3 is 2.73 bits per heavy atom. The summed E-state index contributed by atoms with van der Waals surface area (Å²) in [5.41, 5.74) is 4.62. The fourth-order valence-corrected chi connectivity index (χ4v) is 3.22. The zero-order valence-electron chi connectivity index (χ0n) is 13.3. The summed E-state index contributed by atoms with van der Waals surface area (Å²) in [5, 5.41) is 3.21. The van der Waals surface area contributed by atoms with Gasteiger partial charge in [0.2, 0.25) is 5.91 Å². The third-order valence-electron chi connectivity index (χ3n) is 4.59. The molecular weight excluding hydrogens is 274 g/mol. The van der Waals surface area contributed by atoms with Crippen molar-refractivity contribution in [2.45, 2.75) is 46.1 Å². The molecule has 3 rings (SSSR count). The third kappa shape index (κ3) is 2.78. The molecule has 0 spiro atoms. The maximum atomic E-state index is 12.7. The molecule has 1 aliphatic heterocycles. The van der Waals surface area contributed by atoms with Crippen LogP contribution in [0.2, 0.25) is 0 Å². The van der Waals surface area contributed by atoms with Gasteiger partial charge in [0.1, 0.15) is 0 Å². The minimum absolute atomic E-state index is 0.0406. The average Bonchev–Trinajstić information content (AvgIpc) is 3.02. The lowest BCUT2D eigenvalue weighted by atomic mass is 9.94. The molecule has 1 amide bonds. The second-order valence-electron chi connectivity index (χ2n) is 5.92. The van der Waals surface area contributed by atoms with E-state index in [4.69, 9.17) is 0 Å². The van der Waals surface area contributed by atoms with Crippen LogP contribution < -0.4 is 5.32 Å². The molecule has 0 radical (unpaired) electrons. The standard InChI is InChI=1S/C18H23N3O/c1-3-13-6-5-7-14(4-2)17(13)20-18(22)15-8-9-21-12-19-11-16(21)10-15/h5-7,11-12,15H,3-4,8-10H2,1-2H3,(H,20,22). The SMILES string of the molecule is CCc1cccc(CC)c1NC(=O)C1CCn2cncc2C1. The highest BCUT2D eigenvalue weighted by Crippen LogP contribution is 2.26. The predicted molar refractivity (Wildman–Crippen MR) is 87.9 cm³/mol. The van der Waals surface area contributed by atoms with E-state index in [2.05, 4.69) is 46.9 Å². The first-order valence-corrected chi connectivity index (χ1v) is 8.13. The molecule has 1 aromatic carbocycles. The normalized spacial score (nSPS) is 17.1. The zero-order valence-corrected chi connectivity index (χ0v) is 13.3. The lowest BCUT2D eigenvalue weighted by Gasteiger charge is -2.24. The zero-order chi connectivity index (χ0) is 15.5. The van der Waals surface area contributed by atoms with Crippen LogP contribution in [0.15, 0.2) is 30.7 Å². The molecule has 2 aromatic rings. The molecule has 1 aromatic heterocycles. The van der Waals surface area contributed by atoms with Gasteiger partial charge in [0.25, 0.3) is 0 Å². The van der Waals surface area contributed by atoms with Gasteiger partial charge in [0.05, 0.1) is 6.33 Å². The summed E-state index contributed by atoms with van der Waals surface area (Å²) in [7, 11) is 0. The number of hydrogen-bond acceptors (Lipinski definition) is 2. The Kier molecular flexibility index (Phi) is 4.27. The van der Waals surface area contributed by atoms with E-state index in [1.165, 1.54) is 11.1 Å². The number of hydrogen-bond donors (Lipinski definition) is 1. The molecule has 1 aliphatic rings. The minimum atomic E-state index is 0.0406. The molecule has 22 heavy (non-hydrogen) atoms. The molecule has 1 atom stereocenters. The molecule has 0 saturated heterocycles. The van der Waals surface area contributed by atoms with Gasteiger partial charge in [-0.05, 0) is 30.4 Å². The van der Waals surface area contributed by atoms with E-state index in [1.807, 2.05) is 12.5 Å². The lowest BCUT2D eigenvalue weighted by molar-refractivity contribution is -0.120. The topological polar surface area (TPSA) is 46.9 Å². The molecule has 0 saturated carbocycles. The first kappa shape index (κ1) is 14.8. The molecule has 0 aliphatic carbocycles. The van der Waals surface area contributed by atoms with Crippen LogP contribution in [0.3, 0.4) is 0 Å². The number of fused-ring (bicyclic) bond motifs is 1. The number of carbonyl (C=O) groups is 1. The van der Waals surface area contributed by atoms with Crippen molar-refractivity contribution in [1.82, 2.24) is 9.55 Å². The Morgan fingerprint density at radius 2 is 2.05 bits per heavy atom. The van der Waals surface area contributed by atoms with Gasteiger partial charge in [-0.1, -0.05) is 32.0 Å². The largest absolute Gasteiger partial charge is 0.335 e. The number of aryl methyl sites for hydroxylation is 3. The second-order valence-corrected chi connectivity index (χ2v) is 5.92. The van der Waals surface area contributed by atoms with Crippen molar-refractivity contribution in [3.05, 3.63) is 47.5 Å². The van der Waals surface area contributed by atoms with Gasteiger partial charge in [-0.3, -0.25) is 4.79 Å². The minimum Gasteiger partial charge on any atom is -0.335 e. The fraction of sp³-hybridized carbons (Fsp3) is 0.444. The first-order valence-electron chi connectivity index (χ1n) is 8.13. The van der Waals surface area contributed by atoms with Crippen LogP contribution in [0.4, 0.5) is 5.69 Å². The first-order chi connectivity index (χ1) is 10.7. The van der Waals surface area contributed by atoms with Gasteiger partial charge in [-0.2, -0.15) is 0 Å². The van der Waals surface area contributed by atoms with E-state index in [1.54, 1.807) is 0 Å². The Bertz CT molecular complexity index is 652. The van der Waals surface area contributed by atoms with Crippen molar-refractivity contribution in [3.8, 4) is 0 Å². The Morgan fingerprint density at radius 1 is 1.32 bits per heavy atom. The number of anilines is 1. The molecule has 2 heterocycles. The molecular formula is C18H23N3O. The summed E-state index contributed by atoms with van der Waals surface area (Å²) in [6, 6.07) is 6.28. The van der Waals surface area contributed by atoms with Gasteiger partial charge in [0.15, 0.2) is 0 Å². The number of amides is 1. The maximum absolute atomic E-state index is 12.7. The summed E-state index contributed by atoms with van der Waals surface area (Å²) in [6.07, 6.45) is 7.25. The van der Waals surface area contributed by atoms with Gasteiger partial charge in [-0.25, -0.2) is 4.98 Å². The highest BCUT2D eigenvalue weighted by atomic mass is 16.1. The van der Waals surface area contributed by atoms with E-state index in [0.717, 1.165) is 43.6 Å². The number of para-hydroxylation sites is 1. The number of nitrogens with zero attached hydrogens (tertiary/aromatic N) is 2. The summed E-state index contributed by atoms with van der Waals surface area (Å²) in [6.45, 7) is 5.14. The van der Waals surface area contributed by atoms with Crippen LogP contribution in [0.1, 0.15) is 37.1 Å². The summed E-state index contributed by atoms with van der Waals surface area (Å²) in [5.74, 6) is 0.182. The van der Waals surface area contributed by atoms with Crippen molar-refractivity contribution < 1.29 is 4.79 Å². The smallest absolute Gasteiger partial charge is 0.227 e. The van der Waals surface area contributed by atoms with Crippen LogP contribution in [-0.2, 0) is 30.6 Å². The summed E-state index contributed by atoms with van der Waals surface area (Å²) in [4.78, 5) is 16.9.